The molecule has 0 radical (unpaired) electrons. The molecule has 0 fully saturated rings. The van der Waals surface area contributed by atoms with Crippen molar-refractivity contribution in [1.82, 2.24) is 4.90 Å². The first-order valence-electron chi connectivity index (χ1n) is 8.50. The number of nitrogens with one attached hydrogen (secondary N) is 1. The van der Waals surface area contributed by atoms with Gasteiger partial charge >= 0.3 is 0 Å². The molecule has 26 heavy (non-hydrogen) atoms. The van der Waals surface area contributed by atoms with Crippen molar-refractivity contribution in [3.63, 3.8) is 0 Å². The van der Waals surface area contributed by atoms with Gasteiger partial charge in [-0.25, -0.2) is 0 Å². The summed E-state index contributed by atoms with van der Waals surface area (Å²) in [6, 6.07) is 13.0. The minimum absolute atomic E-state index is 0.0651. The summed E-state index contributed by atoms with van der Waals surface area (Å²) in [5, 5.41) is 2.84. The molecule has 0 saturated heterocycles. The Labute approximate surface area is 152 Å². The van der Waals surface area contributed by atoms with Crippen molar-refractivity contribution in [3.05, 3.63) is 53.6 Å². The van der Waals surface area contributed by atoms with Gasteiger partial charge in [0.25, 0.3) is 5.91 Å². The minimum atomic E-state index is -0.255. The van der Waals surface area contributed by atoms with Gasteiger partial charge in [-0.2, -0.15) is 0 Å². The molecule has 2 aromatic rings. The summed E-state index contributed by atoms with van der Waals surface area (Å²) in [5.41, 5.74) is 2.98. The van der Waals surface area contributed by atoms with Crippen LogP contribution in [0.4, 0.5) is 5.69 Å². The molecule has 1 heterocycles. The van der Waals surface area contributed by atoms with E-state index < -0.39 is 0 Å². The molecule has 1 aliphatic rings. The largest absolute Gasteiger partial charge is 0.493 e. The second-order valence-corrected chi connectivity index (χ2v) is 6.16. The Morgan fingerprint density at radius 1 is 1.12 bits per heavy atom. The molecule has 3 rings (SSSR count). The lowest BCUT2D eigenvalue weighted by molar-refractivity contribution is -0.129. The molecule has 0 aromatic heterocycles. The van der Waals surface area contributed by atoms with E-state index in [1.165, 1.54) is 5.56 Å². The highest BCUT2D eigenvalue weighted by atomic mass is 16.5. The Hall–Kier alpha value is -3.02. The van der Waals surface area contributed by atoms with Crippen LogP contribution in [0.2, 0.25) is 0 Å². The fourth-order valence-corrected chi connectivity index (χ4v) is 2.98. The van der Waals surface area contributed by atoms with Crippen molar-refractivity contribution in [1.29, 1.82) is 0 Å². The van der Waals surface area contributed by atoms with E-state index in [-0.39, 0.29) is 18.4 Å². The van der Waals surface area contributed by atoms with Gasteiger partial charge in [-0.15, -0.1) is 0 Å². The number of hydrogen-bond donors (Lipinski definition) is 1. The molecule has 6 heteroatoms. The van der Waals surface area contributed by atoms with E-state index in [1.54, 1.807) is 31.1 Å². The number of benzene rings is 2. The zero-order valence-electron chi connectivity index (χ0n) is 15.0. The summed E-state index contributed by atoms with van der Waals surface area (Å²) in [7, 11) is 1.56. The monoisotopic (exact) mass is 354 g/mol. The number of methoxy groups -OCH3 is 1. The number of ether oxygens (including phenoxy) is 2. The van der Waals surface area contributed by atoms with Gasteiger partial charge in [0.2, 0.25) is 5.91 Å². The normalized spacial score (nSPS) is 12.9. The van der Waals surface area contributed by atoms with Gasteiger partial charge in [-0.3, -0.25) is 9.59 Å². The van der Waals surface area contributed by atoms with Gasteiger partial charge in [-0.05, 0) is 41.8 Å². The number of rotatable bonds is 5. The maximum absolute atomic E-state index is 12.2. The third-order valence-electron chi connectivity index (χ3n) is 4.38. The lowest BCUT2D eigenvalue weighted by Crippen LogP contribution is -2.34. The lowest BCUT2D eigenvalue weighted by atomic mass is 9.99. The first-order valence-corrected chi connectivity index (χ1v) is 8.50. The Morgan fingerprint density at radius 2 is 1.88 bits per heavy atom. The molecule has 2 aromatic carbocycles. The van der Waals surface area contributed by atoms with E-state index in [4.69, 9.17) is 9.47 Å². The molecule has 136 valence electrons. The number of fused-ring (bicyclic) bond motifs is 1. The number of nitrogens with zero attached hydrogens (tertiary/aromatic N) is 1. The lowest BCUT2D eigenvalue weighted by Gasteiger charge is -2.28. The van der Waals surface area contributed by atoms with Crippen LogP contribution in [0.5, 0.6) is 11.5 Å². The number of hydrogen-bond acceptors (Lipinski definition) is 4. The standard InChI is InChI=1S/C20H22N2O4/c1-14(23)22-10-9-15-7-8-17(11-16(15)12-22)21-20(24)13-26-19-6-4-3-5-18(19)25-2/h3-8,11H,9-10,12-13H2,1-2H3,(H,21,24). The van der Waals surface area contributed by atoms with Crippen LogP contribution in [-0.2, 0) is 22.6 Å². The number of anilines is 1. The zero-order chi connectivity index (χ0) is 18.5. The van der Waals surface area contributed by atoms with E-state index in [9.17, 15) is 9.59 Å². The summed E-state index contributed by atoms with van der Waals surface area (Å²) < 4.78 is 10.7. The van der Waals surface area contributed by atoms with E-state index in [0.29, 0.717) is 23.7 Å². The van der Waals surface area contributed by atoms with Crippen LogP contribution in [0.25, 0.3) is 0 Å². The van der Waals surface area contributed by atoms with Gasteiger partial charge < -0.3 is 19.7 Å². The van der Waals surface area contributed by atoms with E-state index in [0.717, 1.165) is 18.5 Å². The number of carbonyl (C=O) groups is 2. The van der Waals surface area contributed by atoms with Gasteiger partial charge in [0.1, 0.15) is 0 Å². The highest BCUT2D eigenvalue weighted by Crippen LogP contribution is 2.26. The van der Waals surface area contributed by atoms with Crippen molar-refractivity contribution in [3.8, 4) is 11.5 Å². The van der Waals surface area contributed by atoms with Gasteiger partial charge in [-0.1, -0.05) is 18.2 Å². The number of carbonyl (C=O) groups excluding carboxylic acids is 2. The fraction of sp³-hybridized carbons (Fsp3) is 0.300. The first-order chi connectivity index (χ1) is 12.6. The molecule has 1 N–H and O–H groups in total. The van der Waals surface area contributed by atoms with Crippen LogP contribution >= 0.6 is 0 Å². The Kier molecular flexibility index (Phi) is 5.41. The molecule has 0 bridgehead atoms. The van der Waals surface area contributed by atoms with Crippen LogP contribution in [0, 0.1) is 0 Å². The van der Waals surface area contributed by atoms with E-state index in [2.05, 4.69) is 5.32 Å². The van der Waals surface area contributed by atoms with Crippen molar-refractivity contribution < 1.29 is 19.1 Å². The molecule has 0 spiro atoms. The molecular weight excluding hydrogens is 332 g/mol. The van der Waals surface area contributed by atoms with E-state index >= 15 is 0 Å². The van der Waals surface area contributed by atoms with Crippen molar-refractivity contribution >= 4 is 17.5 Å². The summed E-state index contributed by atoms with van der Waals surface area (Å²) in [6.07, 6.45) is 0.833. The minimum Gasteiger partial charge on any atom is -0.493 e. The smallest absolute Gasteiger partial charge is 0.262 e. The fourth-order valence-electron chi connectivity index (χ4n) is 2.98. The molecular formula is C20H22N2O4. The molecule has 2 amide bonds. The SMILES string of the molecule is COc1ccccc1OCC(=O)Nc1ccc2c(c1)CN(C(C)=O)CC2. The molecule has 0 aliphatic carbocycles. The Balaban J connectivity index is 1.61. The number of para-hydroxylation sites is 2. The summed E-state index contributed by atoms with van der Waals surface area (Å²) in [6.45, 7) is 2.77. The second kappa shape index (κ2) is 7.91. The van der Waals surface area contributed by atoms with Crippen LogP contribution in [0.3, 0.4) is 0 Å². The average Bonchev–Trinajstić information content (AvgIpc) is 2.66. The maximum Gasteiger partial charge on any atom is 0.262 e. The molecule has 0 saturated carbocycles. The summed E-state index contributed by atoms with van der Waals surface area (Å²) in [4.78, 5) is 25.6. The summed E-state index contributed by atoms with van der Waals surface area (Å²) in [5.74, 6) is 0.913. The average molecular weight is 354 g/mol. The van der Waals surface area contributed by atoms with Crippen LogP contribution in [0.15, 0.2) is 42.5 Å². The van der Waals surface area contributed by atoms with Crippen LogP contribution in [-0.4, -0.2) is 37.0 Å². The third-order valence-corrected chi connectivity index (χ3v) is 4.38. The molecule has 1 aliphatic heterocycles. The number of amides is 2. The van der Waals surface area contributed by atoms with Crippen molar-refractivity contribution in [2.75, 3.05) is 25.6 Å². The highest BCUT2D eigenvalue weighted by Gasteiger charge is 2.18. The van der Waals surface area contributed by atoms with Crippen molar-refractivity contribution in [2.24, 2.45) is 0 Å². The second-order valence-electron chi connectivity index (χ2n) is 6.16. The molecule has 0 unspecified atom stereocenters. The topological polar surface area (TPSA) is 67.9 Å². The third kappa shape index (κ3) is 4.14. The first kappa shape index (κ1) is 17.8. The summed E-state index contributed by atoms with van der Waals surface area (Å²) >= 11 is 0. The molecule has 6 nitrogen and oxygen atoms in total. The Bertz CT molecular complexity index is 819. The maximum atomic E-state index is 12.2. The molecule has 0 atom stereocenters. The van der Waals surface area contributed by atoms with E-state index in [1.807, 2.05) is 30.3 Å². The van der Waals surface area contributed by atoms with Crippen LogP contribution in [0.1, 0.15) is 18.1 Å². The Morgan fingerprint density at radius 3 is 2.62 bits per heavy atom. The van der Waals surface area contributed by atoms with Gasteiger partial charge in [0.05, 0.1) is 7.11 Å². The highest BCUT2D eigenvalue weighted by molar-refractivity contribution is 5.92. The quantitative estimate of drug-likeness (QED) is 0.896. The van der Waals surface area contributed by atoms with Gasteiger partial charge in [0, 0.05) is 25.7 Å². The predicted octanol–water partition coefficient (Wildman–Crippen LogP) is 2.62. The van der Waals surface area contributed by atoms with Crippen molar-refractivity contribution in [2.45, 2.75) is 19.9 Å². The van der Waals surface area contributed by atoms with Crippen LogP contribution < -0.4 is 14.8 Å². The van der Waals surface area contributed by atoms with Gasteiger partial charge in [0.15, 0.2) is 18.1 Å². The zero-order valence-corrected chi connectivity index (χ0v) is 15.0. The predicted molar refractivity (Wildman–Crippen MR) is 98.4 cm³/mol.